The van der Waals surface area contributed by atoms with Gasteiger partial charge in [0.1, 0.15) is 17.7 Å². The zero-order valence-corrected chi connectivity index (χ0v) is 12.2. The minimum atomic E-state index is -0.346. The number of hydrazine groups is 1. The summed E-state index contributed by atoms with van der Waals surface area (Å²) in [5.41, 5.74) is 8.65. The summed E-state index contributed by atoms with van der Waals surface area (Å²) in [5, 5.41) is 20.0. The van der Waals surface area contributed by atoms with Crippen LogP contribution in [0.3, 0.4) is 0 Å². The summed E-state index contributed by atoms with van der Waals surface area (Å²) < 4.78 is 0. The van der Waals surface area contributed by atoms with E-state index < -0.39 is 0 Å². The molecule has 4 N–H and O–H groups in total. The molecule has 3 rings (SSSR count). The van der Waals surface area contributed by atoms with Crippen molar-refractivity contribution in [1.29, 1.82) is 0 Å². The van der Waals surface area contributed by atoms with Gasteiger partial charge in [0.15, 0.2) is 5.11 Å². The highest BCUT2D eigenvalue weighted by molar-refractivity contribution is 7.80. The topological polar surface area (TPSA) is 67.8 Å². The molecule has 0 aromatic heterocycles. The van der Waals surface area contributed by atoms with Crippen LogP contribution in [-0.4, -0.2) is 15.3 Å². The second-order valence-corrected chi connectivity index (χ2v) is 5.31. The summed E-state index contributed by atoms with van der Waals surface area (Å²) in [6.07, 6.45) is -0.346. The summed E-state index contributed by atoms with van der Waals surface area (Å²) in [6.45, 7) is 2.02. The Morgan fingerprint density at radius 1 is 1.10 bits per heavy atom. The van der Waals surface area contributed by atoms with Crippen LogP contribution >= 0.6 is 12.2 Å². The second-order valence-electron chi connectivity index (χ2n) is 4.93. The van der Waals surface area contributed by atoms with Crippen molar-refractivity contribution in [2.45, 2.75) is 13.1 Å². The van der Waals surface area contributed by atoms with Crippen LogP contribution < -0.4 is 15.8 Å². The zero-order chi connectivity index (χ0) is 15.0. The molecule has 1 atom stereocenters. The molecule has 1 heterocycles. The number of nitrogens with zero attached hydrogens (tertiary/aromatic N) is 1. The normalized spacial score (nSPS) is 17.9. The molecule has 0 aliphatic carbocycles. The molecule has 2 aromatic rings. The summed E-state index contributed by atoms with van der Waals surface area (Å²) in [5.74, 6) is 0.0304. The maximum Gasteiger partial charge on any atom is 0.189 e. The lowest BCUT2D eigenvalue weighted by Crippen LogP contribution is -2.29. The first-order valence-electron chi connectivity index (χ1n) is 6.49. The Labute approximate surface area is 127 Å². The minimum Gasteiger partial charge on any atom is -0.508 e. The molecule has 1 unspecified atom stereocenters. The zero-order valence-electron chi connectivity index (χ0n) is 11.4. The largest absolute Gasteiger partial charge is 0.508 e. The van der Waals surface area contributed by atoms with Crippen molar-refractivity contribution >= 4 is 23.0 Å². The van der Waals surface area contributed by atoms with Crippen LogP contribution in [-0.2, 0) is 0 Å². The highest BCUT2D eigenvalue weighted by Gasteiger charge is 2.31. The van der Waals surface area contributed by atoms with E-state index in [1.807, 2.05) is 36.1 Å². The van der Waals surface area contributed by atoms with Crippen LogP contribution in [0.1, 0.15) is 17.3 Å². The molecule has 0 amide bonds. The minimum absolute atomic E-state index is 0.0103. The number of hydrogen-bond donors (Lipinski definition) is 4. The van der Waals surface area contributed by atoms with Crippen molar-refractivity contribution in [3.8, 4) is 11.5 Å². The van der Waals surface area contributed by atoms with Gasteiger partial charge in [0.25, 0.3) is 0 Å². The van der Waals surface area contributed by atoms with Crippen LogP contribution in [0.15, 0.2) is 42.5 Å². The molecule has 21 heavy (non-hydrogen) atoms. The second kappa shape index (κ2) is 5.23. The van der Waals surface area contributed by atoms with Crippen LogP contribution in [0.4, 0.5) is 5.69 Å². The van der Waals surface area contributed by atoms with Gasteiger partial charge < -0.3 is 10.2 Å². The van der Waals surface area contributed by atoms with E-state index >= 15 is 0 Å². The van der Waals surface area contributed by atoms with E-state index in [0.717, 1.165) is 11.3 Å². The molecule has 1 aliphatic heterocycles. The lowest BCUT2D eigenvalue weighted by Gasteiger charge is -2.25. The third-order valence-electron chi connectivity index (χ3n) is 3.41. The third kappa shape index (κ3) is 2.51. The van der Waals surface area contributed by atoms with E-state index in [9.17, 15) is 10.2 Å². The molecule has 1 fully saturated rings. The van der Waals surface area contributed by atoms with Gasteiger partial charge in [0, 0.05) is 17.3 Å². The smallest absolute Gasteiger partial charge is 0.189 e. The molecular weight excluding hydrogens is 286 g/mol. The third-order valence-corrected chi connectivity index (χ3v) is 3.71. The van der Waals surface area contributed by atoms with Gasteiger partial charge in [-0.1, -0.05) is 17.7 Å². The van der Waals surface area contributed by atoms with Gasteiger partial charge in [0.2, 0.25) is 0 Å². The van der Waals surface area contributed by atoms with Crippen LogP contribution in [0.2, 0.25) is 0 Å². The average Bonchev–Trinajstić information content (AvgIpc) is 2.82. The average molecular weight is 301 g/mol. The standard InChI is InChI=1S/C15H15N3O2S/c1-9-2-4-10(5-3-9)18-14(16-17-15(18)21)12-7-6-11(19)8-13(12)20/h2-8,14,16,19-20H,1H3,(H,17,21). The van der Waals surface area contributed by atoms with E-state index in [-0.39, 0.29) is 17.7 Å². The Morgan fingerprint density at radius 2 is 1.81 bits per heavy atom. The fraction of sp³-hybridized carbons (Fsp3) is 0.133. The fourth-order valence-corrected chi connectivity index (χ4v) is 2.59. The van der Waals surface area contributed by atoms with E-state index in [2.05, 4.69) is 10.9 Å². The molecule has 1 saturated heterocycles. The van der Waals surface area contributed by atoms with Gasteiger partial charge >= 0.3 is 0 Å². The summed E-state index contributed by atoms with van der Waals surface area (Å²) >= 11 is 5.32. The molecule has 0 saturated carbocycles. The van der Waals surface area contributed by atoms with Gasteiger partial charge in [0.05, 0.1) is 0 Å². The van der Waals surface area contributed by atoms with Crippen molar-refractivity contribution in [1.82, 2.24) is 10.9 Å². The quantitative estimate of drug-likeness (QED) is 0.638. The number of aromatic hydroxyl groups is 2. The predicted molar refractivity (Wildman–Crippen MR) is 85.0 cm³/mol. The van der Waals surface area contributed by atoms with Gasteiger partial charge in [-0.25, -0.2) is 5.43 Å². The molecule has 6 heteroatoms. The number of benzene rings is 2. The van der Waals surface area contributed by atoms with Crippen molar-refractivity contribution in [2.24, 2.45) is 0 Å². The van der Waals surface area contributed by atoms with Crippen molar-refractivity contribution in [3.63, 3.8) is 0 Å². The Balaban J connectivity index is 2.01. The number of phenols is 2. The number of hydrogen-bond acceptors (Lipinski definition) is 4. The molecule has 0 radical (unpaired) electrons. The van der Waals surface area contributed by atoms with Crippen molar-refractivity contribution < 1.29 is 10.2 Å². The first-order chi connectivity index (χ1) is 10.1. The molecular formula is C15H15N3O2S. The first-order valence-corrected chi connectivity index (χ1v) is 6.90. The molecule has 1 aliphatic rings. The van der Waals surface area contributed by atoms with Crippen LogP contribution in [0, 0.1) is 6.92 Å². The predicted octanol–water partition coefficient (Wildman–Crippen LogP) is 2.30. The molecule has 108 valence electrons. The van der Waals surface area contributed by atoms with Crippen LogP contribution in [0.5, 0.6) is 11.5 Å². The maximum atomic E-state index is 10.0. The van der Waals surface area contributed by atoms with Gasteiger partial charge in [-0.2, -0.15) is 0 Å². The lowest BCUT2D eigenvalue weighted by molar-refractivity contribution is 0.436. The Bertz CT molecular complexity index is 688. The number of thiocarbonyl (C=S) groups is 1. The van der Waals surface area contributed by atoms with Crippen molar-refractivity contribution in [3.05, 3.63) is 53.6 Å². The molecule has 5 nitrogen and oxygen atoms in total. The van der Waals surface area contributed by atoms with Crippen LogP contribution in [0.25, 0.3) is 0 Å². The van der Waals surface area contributed by atoms with E-state index in [0.29, 0.717) is 10.7 Å². The van der Waals surface area contributed by atoms with E-state index in [1.165, 1.54) is 12.1 Å². The summed E-state index contributed by atoms with van der Waals surface area (Å²) in [4.78, 5) is 1.88. The molecule has 2 aromatic carbocycles. The van der Waals surface area contributed by atoms with Gasteiger partial charge in [-0.15, -0.1) is 0 Å². The van der Waals surface area contributed by atoms with E-state index in [4.69, 9.17) is 12.2 Å². The van der Waals surface area contributed by atoms with Gasteiger partial charge in [-0.05, 0) is 43.4 Å². The van der Waals surface area contributed by atoms with E-state index in [1.54, 1.807) is 6.07 Å². The first kappa shape index (κ1) is 13.7. The Kier molecular flexibility index (Phi) is 3.40. The van der Waals surface area contributed by atoms with Crippen molar-refractivity contribution in [2.75, 3.05) is 4.90 Å². The number of rotatable bonds is 2. The molecule has 0 bridgehead atoms. The number of anilines is 1. The highest BCUT2D eigenvalue weighted by atomic mass is 32.1. The lowest BCUT2D eigenvalue weighted by atomic mass is 10.1. The summed E-state index contributed by atoms with van der Waals surface area (Å²) in [6, 6.07) is 12.5. The number of nitrogens with one attached hydrogen (secondary N) is 2. The molecule has 0 spiro atoms. The summed E-state index contributed by atoms with van der Waals surface area (Å²) in [7, 11) is 0. The fourth-order valence-electron chi connectivity index (χ4n) is 2.32. The monoisotopic (exact) mass is 301 g/mol. The number of phenolic OH excluding ortho intramolecular Hbond substituents is 2. The van der Waals surface area contributed by atoms with Gasteiger partial charge in [-0.3, -0.25) is 10.3 Å². The number of aryl methyl sites for hydroxylation is 1. The Hall–Kier alpha value is -2.31. The SMILES string of the molecule is Cc1ccc(N2C(=S)NNC2c2ccc(O)cc2O)cc1. The Morgan fingerprint density at radius 3 is 2.48 bits per heavy atom. The maximum absolute atomic E-state index is 10.0. The highest BCUT2D eigenvalue weighted by Crippen LogP contribution is 2.34.